The summed E-state index contributed by atoms with van der Waals surface area (Å²) in [5, 5.41) is 1.60. The number of halogens is 1. The van der Waals surface area contributed by atoms with Crippen LogP contribution in [0.1, 0.15) is 46.4 Å². The van der Waals surface area contributed by atoms with Crippen molar-refractivity contribution in [3.8, 4) is 0 Å². The van der Waals surface area contributed by atoms with Crippen LogP contribution in [0.5, 0.6) is 0 Å². The SMILES string of the molecule is COC(=O)C1CCN(C(=O)c2c3c(nc4ccccc24)/C(=C/c2ccc(Cl)cc2)CC3)CC1. The van der Waals surface area contributed by atoms with E-state index in [1.165, 1.54) is 7.11 Å². The van der Waals surface area contributed by atoms with Gasteiger partial charge in [-0.05, 0) is 66.7 Å². The van der Waals surface area contributed by atoms with Crippen molar-refractivity contribution >= 4 is 46.0 Å². The first-order chi connectivity index (χ1) is 16.0. The molecule has 1 aliphatic heterocycles. The van der Waals surface area contributed by atoms with Gasteiger partial charge in [0.15, 0.2) is 0 Å². The Morgan fingerprint density at radius 1 is 1.06 bits per heavy atom. The number of nitrogens with zero attached hydrogens (tertiary/aromatic N) is 2. The number of benzene rings is 2. The number of rotatable bonds is 3. The van der Waals surface area contributed by atoms with Crippen LogP contribution in [0.25, 0.3) is 22.6 Å². The fourth-order valence-electron chi connectivity index (χ4n) is 4.93. The third-order valence-electron chi connectivity index (χ3n) is 6.68. The first-order valence-corrected chi connectivity index (χ1v) is 11.7. The number of carbonyl (C=O) groups excluding carboxylic acids is 2. The van der Waals surface area contributed by atoms with Crippen LogP contribution >= 0.6 is 11.6 Å². The van der Waals surface area contributed by atoms with Gasteiger partial charge in [0.2, 0.25) is 0 Å². The van der Waals surface area contributed by atoms with Gasteiger partial charge in [-0.3, -0.25) is 9.59 Å². The van der Waals surface area contributed by atoms with E-state index in [4.69, 9.17) is 21.3 Å². The van der Waals surface area contributed by atoms with Gasteiger partial charge in [-0.25, -0.2) is 4.98 Å². The van der Waals surface area contributed by atoms with Crippen LogP contribution in [-0.2, 0) is 16.0 Å². The third kappa shape index (κ3) is 4.13. The Balaban J connectivity index is 1.53. The molecule has 33 heavy (non-hydrogen) atoms. The van der Waals surface area contributed by atoms with E-state index in [1.807, 2.05) is 53.4 Å². The van der Waals surface area contributed by atoms with Crippen molar-refractivity contribution < 1.29 is 14.3 Å². The molecule has 3 aromatic rings. The Morgan fingerprint density at radius 2 is 1.79 bits per heavy atom. The highest BCUT2D eigenvalue weighted by Gasteiger charge is 2.32. The molecule has 6 heteroatoms. The summed E-state index contributed by atoms with van der Waals surface area (Å²) in [6.45, 7) is 1.11. The maximum Gasteiger partial charge on any atom is 0.308 e. The van der Waals surface area contributed by atoms with Gasteiger partial charge in [0.05, 0.1) is 29.8 Å². The molecule has 0 atom stereocenters. The number of para-hydroxylation sites is 1. The predicted octanol–water partition coefficient (Wildman–Crippen LogP) is 5.40. The highest BCUT2D eigenvalue weighted by atomic mass is 35.5. The van der Waals surface area contributed by atoms with Crippen molar-refractivity contribution in [2.24, 2.45) is 5.92 Å². The number of pyridine rings is 1. The predicted molar refractivity (Wildman–Crippen MR) is 130 cm³/mol. The van der Waals surface area contributed by atoms with Crippen molar-refractivity contribution in [2.45, 2.75) is 25.7 Å². The number of esters is 1. The van der Waals surface area contributed by atoms with Crippen LogP contribution in [0.4, 0.5) is 0 Å². The summed E-state index contributed by atoms with van der Waals surface area (Å²) in [5.41, 5.74) is 5.72. The number of piperidine rings is 1. The number of fused-ring (bicyclic) bond motifs is 2. The number of hydrogen-bond donors (Lipinski definition) is 0. The number of aromatic nitrogens is 1. The summed E-state index contributed by atoms with van der Waals surface area (Å²) < 4.78 is 4.89. The van der Waals surface area contributed by atoms with Gasteiger partial charge in [-0.15, -0.1) is 0 Å². The average molecular weight is 461 g/mol. The second-order valence-corrected chi connectivity index (χ2v) is 9.08. The van der Waals surface area contributed by atoms with Crippen LogP contribution < -0.4 is 0 Å². The highest BCUT2D eigenvalue weighted by molar-refractivity contribution is 6.30. The lowest BCUT2D eigenvalue weighted by molar-refractivity contribution is -0.146. The molecule has 0 spiro atoms. The Labute approximate surface area is 198 Å². The molecule has 2 heterocycles. The minimum absolute atomic E-state index is 0.0286. The van der Waals surface area contributed by atoms with E-state index in [2.05, 4.69) is 6.08 Å². The van der Waals surface area contributed by atoms with Crippen LogP contribution in [-0.4, -0.2) is 42.0 Å². The maximum absolute atomic E-state index is 13.8. The lowest BCUT2D eigenvalue weighted by atomic mass is 9.94. The molecular formula is C27H25ClN2O3. The van der Waals surface area contributed by atoms with Gasteiger partial charge in [0.1, 0.15) is 0 Å². The summed E-state index contributed by atoms with van der Waals surface area (Å²) in [6, 6.07) is 15.6. The molecule has 168 valence electrons. The van der Waals surface area contributed by atoms with Crippen molar-refractivity contribution in [1.29, 1.82) is 0 Å². The van der Waals surface area contributed by atoms with Gasteiger partial charge in [0, 0.05) is 23.5 Å². The first-order valence-electron chi connectivity index (χ1n) is 11.3. The largest absolute Gasteiger partial charge is 0.469 e. The molecule has 2 aromatic carbocycles. The molecule has 1 fully saturated rings. The Hall–Kier alpha value is -3.18. The Morgan fingerprint density at radius 3 is 2.52 bits per heavy atom. The number of hydrogen-bond acceptors (Lipinski definition) is 4. The monoisotopic (exact) mass is 460 g/mol. The molecule has 2 aliphatic rings. The van der Waals surface area contributed by atoms with Crippen molar-refractivity contribution in [1.82, 2.24) is 9.88 Å². The number of ether oxygens (including phenoxy) is 1. The van der Waals surface area contributed by atoms with E-state index < -0.39 is 0 Å². The summed E-state index contributed by atoms with van der Waals surface area (Å²) in [5.74, 6) is -0.289. The first kappa shape index (κ1) is 21.7. The van der Waals surface area contributed by atoms with Gasteiger partial charge in [0.25, 0.3) is 5.91 Å². The lowest BCUT2D eigenvalue weighted by Crippen LogP contribution is -2.41. The summed E-state index contributed by atoms with van der Waals surface area (Å²) in [7, 11) is 1.42. The number of carbonyl (C=O) groups is 2. The van der Waals surface area contributed by atoms with E-state index in [-0.39, 0.29) is 17.8 Å². The molecule has 5 rings (SSSR count). The normalized spacial score (nSPS) is 17.4. The Bertz CT molecular complexity index is 1260. The highest BCUT2D eigenvalue weighted by Crippen LogP contribution is 2.38. The average Bonchev–Trinajstić information content (AvgIpc) is 3.25. The molecule has 1 amide bonds. The van der Waals surface area contributed by atoms with Crippen LogP contribution in [0.3, 0.4) is 0 Å². The fourth-order valence-corrected chi connectivity index (χ4v) is 5.05. The zero-order chi connectivity index (χ0) is 22.9. The molecule has 1 aromatic heterocycles. The minimum atomic E-state index is -0.186. The molecule has 0 bridgehead atoms. The van der Waals surface area contributed by atoms with Crippen molar-refractivity contribution in [2.75, 3.05) is 20.2 Å². The number of methoxy groups -OCH3 is 1. The zero-order valence-electron chi connectivity index (χ0n) is 18.5. The number of allylic oxidation sites excluding steroid dienone is 1. The van der Waals surface area contributed by atoms with E-state index in [1.54, 1.807) is 0 Å². The molecule has 5 nitrogen and oxygen atoms in total. The molecule has 0 saturated carbocycles. The zero-order valence-corrected chi connectivity index (χ0v) is 19.3. The van der Waals surface area contributed by atoms with E-state index in [9.17, 15) is 9.59 Å². The van der Waals surface area contributed by atoms with Crippen LogP contribution in [0.2, 0.25) is 5.02 Å². The van der Waals surface area contributed by atoms with Crippen LogP contribution in [0, 0.1) is 5.92 Å². The third-order valence-corrected chi connectivity index (χ3v) is 6.94. The van der Waals surface area contributed by atoms with Gasteiger partial charge >= 0.3 is 5.97 Å². The van der Waals surface area contributed by atoms with Crippen LogP contribution in [0.15, 0.2) is 48.5 Å². The van der Waals surface area contributed by atoms with E-state index in [0.717, 1.165) is 51.7 Å². The second-order valence-electron chi connectivity index (χ2n) is 8.64. The number of amides is 1. The summed E-state index contributed by atoms with van der Waals surface area (Å²) in [4.78, 5) is 32.5. The summed E-state index contributed by atoms with van der Waals surface area (Å²) >= 11 is 6.04. The maximum atomic E-state index is 13.8. The standard InChI is InChI=1S/C27H25ClN2O3/c1-33-27(32)18-12-14-30(15-13-18)26(31)24-21-4-2-3-5-23(21)29-25-19(8-11-22(24)25)16-17-6-9-20(28)10-7-17/h2-7,9-10,16,18H,8,11-15H2,1H3/b19-16+. The number of likely N-dealkylation sites (tertiary alicyclic amines) is 1. The molecule has 0 N–H and O–H groups in total. The second kappa shape index (κ2) is 8.99. The topological polar surface area (TPSA) is 59.5 Å². The molecule has 1 saturated heterocycles. The fraction of sp³-hybridized carbons (Fsp3) is 0.296. The smallest absolute Gasteiger partial charge is 0.308 e. The molecular weight excluding hydrogens is 436 g/mol. The van der Waals surface area contributed by atoms with Gasteiger partial charge < -0.3 is 9.64 Å². The van der Waals surface area contributed by atoms with Gasteiger partial charge in [-0.1, -0.05) is 41.9 Å². The van der Waals surface area contributed by atoms with E-state index >= 15 is 0 Å². The van der Waals surface area contributed by atoms with Crippen molar-refractivity contribution in [3.63, 3.8) is 0 Å². The molecule has 0 unspecified atom stereocenters. The Kier molecular flexibility index (Phi) is 5.90. The lowest BCUT2D eigenvalue weighted by Gasteiger charge is -2.31. The molecule has 0 radical (unpaired) electrons. The quantitative estimate of drug-likeness (QED) is 0.491. The molecule has 1 aliphatic carbocycles. The van der Waals surface area contributed by atoms with E-state index in [0.29, 0.717) is 31.0 Å². The van der Waals surface area contributed by atoms with Crippen molar-refractivity contribution in [3.05, 3.63) is 75.9 Å². The van der Waals surface area contributed by atoms with Gasteiger partial charge in [-0.2, -0.15) is 0 Å². The summed E-state index contributed by atoms with van der Waals surface area (Å²) in [6.07, 6.45) is 5.02. The minimum Gasteiger partial charge on any atom is -0.469 e.